The Hall–Kier alpha value is -3.07. The highest BCUT2D eigenvalue weighted by Gasteiger charge is 2.12. The number of nitriles is 1. The SMILES string of the molecule is COC(=O)c1cc(Nc2cc(C#N)ccc2C)ncc1N. The van der Waals surface area contributed by atoms with Crippen LogP contribution in [0.2, 0.25) is 0 Å². The van der Waals surface area contributed by atoms with Crippen molar-refractivity contribution in [3.8, 4) is 6.07 Å². The summed E-state index contributed by atoms with van der Waals surface area (Å²) in [6, 6.07) is 8.87. The van der Waals surface area contributed by atoms with E-state index < -0.39 is 5.97 Å². The van der Waals surface area contributed by atoms with Gasteiger partial charge in [0.1, 0.15) is 5.82 Å². The van der Waals surface area contributed by atoms with E-state index in [9.17, 15) is 4.79 Å². The monoisotopic (exact) mass is 282 g/mol. The van der Waals surface area contributed by atoms with E-state index in [0.29, 0.717) is 11.4 Å². The molecule has 0 bridgehead atoms. The zero-order valence-corrected chi connectivity index (χ0v) is 11.7. The van der Waals surface area contributed by atoms with E-state index in [0.717, 1.165) is 11.3 Å². The molecule has 0 saturated carbocycles. The lowest BCUT2D eigenvalue weighted by Crippen LogP contribution is -2.07. The van der Waals surface area contributed by atoms with Gasteiger partial charge in [-0.1, -0.05) is 6.07 Å². The van der Waals surface area contributed by atoms with E-state index in [4.69, 9.17) is 11.0 Å². The highest BCUT2D eigenvalue weighted by molar-refractivity contribution is 5.95. The summed E-state index contributed by atoms with van der Waals surface area (Å²) in [4.78, 5) is 15.7. The Morgan fingerprint density at radius 1 is 1.43 bits per heavy atom. The predicted octanol–water partition coefficient (Wildman–Crippen LogP) is 2.37. The molecule has 0 aliphatic rings. The van der Waals surface area contributed by atoms with Gasteiger partial charge >= 0.3 is 5.97 Å². The Kier molecular flexibility index (Phi) is 4.05. The summed E-state index contributed by atoms with van der Waals surface area (Å²) >= 11 is 0. The number of hydrogen-bond donors (Lipinski definition) is 2. The molecular weight excluding hydrogens is 268 g/mol. The molecule has 21 heavy (non-hydrogen) atoms. The molecule has 0 saturated heterocycles. The fourth-order valence-electron chi connectivity index (χ4n) is 1.79. The molecule has 0 spiro atoms. The zero-order chi connectivity index (χ0) is 15.4. The number of anilines is 3. The summed E-state index contributed by atoms with van der Waals surface area (Å²) in [7, 11) is 1.29. The minimum absolute atomic E-state index is 0.240. The smallest absolute Gasteiger partial charge is 0.340 e. The Morgan fingerprint density at radius 2 is 2.19 bits per heavy atom. The van der Waals surface area contributed by atoms with E-state index >= 15 is 0 Å². The lowest BCUT2D eigenvalue weighted by Gasteiger charge is -2.11. The number of nitrogens with zero attached hydrogens (tertiary/aromatic N) is 2. The van der Waals surface area contributed by atoms with Gasteiger partial charge in [0.15, 0.2) is 0 Å². The molecule has 2 rings (SSSR count). The Bertz CT molecular complexity index is 735. The Balaban J connectivity index is 2.36. The largest absolute Gasteiger partial charge is 0.465 e. The molecule has 0 fully saturated rings. The van der Waals surface area contributed by atoms with Crippen molar-refractivity contribution in [3.05, 3.63) is 47.2 Å². The lowest BCUT2D eigenvalue weighted by atomic mass is 10.1. The predicted molar refractivity (Wildman–Crippen MR) is 79.2 cm³/mol. The van der Waals surface area contributed by atoms with Crippen molar-refractivity contribution in [3.63, 3.8) is 0 Å². The molecule has 0 radical (unpaired) electrons. The first-order valence-electron chi connectivity index (χ1n) is 6.16. The van der Waals surface area contributed by atoms with E-state index in [2.05, 4.69) is 21.1 Å². The molecule has 0 atom stereocenters. The van der Waals surface area contributed by atoms with Crippen molar-refractivity contribution in [2.75, 3.05) is 18.2 Å². The lowest BCUT2D eigenvalue weighted by molar-refractivity contribution is 0.0602. The second-order valence-corrected chi connectivity index (χ2v) is 4.41. The summed E-state index contributed by atoms with van der Waals surface area (Å²) in [6.45, 7) is 1.90. The van der Waals surface area contributed by atoms with Gasteiger partial charge in [-0.15, -0.1) is 0 Å². The summed E-state index contributed by atoms with van der Waals surface area (Å²) in [5.74, 6) is -0.0803. The highest BCUT2D eigenvalue weighted by Crippen LogP contribution is 2.23. The normalized spacial score (nSPS) is 9.76. The van der Waals surface area contributed by atoms with Gasteiger partial charge in [-0.05, 0) is 30.7 Å². The van der Waals surface area contributed by atoms with Crippen LogP contribution in [0, 0.1) is 18.3 Å². The highest BCUT2D eigenvalue weighted by atomic mass is 16.5. The van der Waals surface area contributed by atoms with Gasteiger partial charge in [-0.2, -0.15) is 5.26 Å². The zero-order valence-electron chi connectivity index (χ0n) is 11.7. The third-order valence-electron chi connectivity index (χ3n) is 2.97. The van der Waals surface area contributed by atoms with E-state index in [-0.39, 0.29) is 11.3 Å². The van der Waals surface area contributed by atoms with Crippen molar-refractivity contribution < 1.29 is 9.53 Å². The van der Waals surface area contributed by atoms with Gasteiger partial charge in [-0.25, -0.2) is 9.78 Å². The van der Waals surface area contributed by atoms with Crippen LogP contribution in [0.25, 0.3) is 0 Å². The average Bonchev–Trinajstić information content (AvgIpc) is 2.50. The van der Waals surface area contributed by atoms with Crippen molar-refractivity contribution in [1.82, 2.24) is 4.98 Å². The molecule has 1 heterocycles. The first-order valence-corrected chi connectivity index (χ1v) is 6.16. The summed E-state index contributed by atoms with van der Waals surface area (Å²) < 4.78 is 4.66. The van der Waals surface area contributed by atoms with Gasteiger partial charge < -0.3 is 15.8 Å². The molecule has 1 aromatic carbocycles. The first kappa shape index (κ1) is 14.3. The molecule has 6 heteroatoms. The standard InChI is InChI=1S/C15H14N4O2/c1-9-3-4-10(7-16)5-13(9)19-14-6-11(15(20)21-2)12(17)8-18-14/h3-6,8H,17H2,1-2H3,(H,18,19). The fourth-order valence-corrected chi connectivity index (χ4v) is 1.79. The molecule has 1 aromatic heterocycles. The maximum absolute atomic E-state index is 11.6. The number of carbonyl (C=O) groups excluding carboxylic acids is 1. The fraction of sp³-hybridized carbons (Fsp3) is 0.133. The molecule has 2 aromatic rings. The van der Waals surface area contributed by atoms with Crippen LogP contribution in [-0.4, -0.2) is 18.1 Å². The Labute approximate surface area is 122 Å². The molecule has 0 amide bonds. The maximum Gasteiger partial charge on any atom is 0.340 e. The van der Waals surface area contributed by atoms with Crippen LogP contribution >= 0.6 is 0 Å². The minimum Gasteiger partial charge on any atom is -0.465 e. The number of nitrogen functional groups attached to an aromatic ring is 1. The van der Waals surface area contributed by atoms with Crippen molar-refractivity contribution in [1.29, 1.82) is 5.26 Å². The number of aryl methyl sites for hydroxylation is 1. The van der Waals surface area contributed by atoms with Crippen LogP contribution in [-0.2, 0) is 4.74 Å². The van der Waals surface area contributed by atoms with Gasteiger partial charge in [0.2, 0.25) is 0 Å². The molecule has 0 aliphatic heterocycles. The quantitative estimate of drug-likeness (QED) is 0.838. The molecule has 0 aliphatic carbocycles. The van der Waals surface area contributed by atoms with Crippen LogP contribution in [0.15, 0.2) is 30.5 Å². The number of methoxy groups -OCH3 is 1. The number of rotatable bonds is 3. The topological polar surface area (TPSA) is 101 Å². The first-order chi connectivity index (χ1) is 10.0. The van der Waals surface area contributed by atoms with Crippen molar-refractivity contribution in [2.24, 2.45) is 0 Å². The third-order valence-corrected chi connectivity index (χ3v) is 2.97. The van der Waals surface area contributed by atoms with Crippen molar-refractivity contribution in [2.45, 2.75) is 6.92 Å². The number of esters is 1. The number of pyridine rings is 1. The molecule has 6 nitrogen and oxygen atoms in total. The van der Waals surface area contributed by atoms with Gasteiger partial charge in [0.25, 0.3) is 0 Å². The number of nitrogens with one attached hydrogen (secondary N) is 1. The number of benzene rings is 1. The van der Waals surface area contributed by atoms with Crippen LogP contribution in [0.5, 0.6) is 0 Å². The van der Waals surface area contributed by atoms with E-state index in [1.807, 2.05) is 13.0 Å². The van der Waals surface area contributed by atoms with E-state index in [1.54, 1.807) is 12.1 Å². The third kappa shape index (κ3) is 3.09. The molecular formula is C15H14N4O2. The van der Waals surface area contributed by atoms with Crippen LogP contribution < -0.4 is 11.1 Å². The number of carbonyl (C=O) groups is 1. The summed E-state index contributed by atoms with van der Waals surface area (Å²) in [5, 5.41) is 12.0. The Morgan fingerprint density at radius 3 is 2.86 bits per heavy atom. The average molecular weight is 282 g/mol. The van der Waals surface area contributed by atoms with E-state index in [1.165, 1.54) is 19.4 Å². The van der Waals surface area contributed by atoms with Crippen LogP contribution in [0.4, 0.5) is 17.2 Å². The second-order valence-electron chi connectivity index (χ2n) is 4.41. The molecule has 3 N–H and O–H groups in total. The molecule has 0 unspecified atom stereocenters. The van der Waals surface area contributed by atoms with Crippen LogP contribution in [0.1, 0.15) is 21.5 Å². The second kappa shape index (κ2) is 5.92. The van der Waals surface area contributed by atoms with Crippen molar-refractivity contribution >= 4 is 23.2 Å². The minimum atomic E-state index is -0.527. The number of hydrogen-bond acceptors (Lipinski definition) is 6. The van der Waals surface area contributed by atoms with Gasteiger partial charge in [-0.3, -0.25) is 0 Å². The number of ether oxygens (including phenoxy) is 1. The summed E-state index contributed by atoms with van der Waals surface area (Å²) in [5.41, 5.74) is 8.41. The summed E-state index contributed by atoms with van der Waals surface area (Å²) in [6.07, 6.45) is 1.39. The van der Waals surface area contributed by atoms with Gasteiger partial charge in [0.05, 0.1) is 36.2 Å². The van der Waals surface area contributed by atoms with Crippen LogP contribution in [0.3, 0.4) is 0 Å². The molecule has 106 valence electrons. The number of aromatic nitrogens is 1. The van der Waals surface area contributed by atoms with Gasteiger partial charge in [0, 0.05) is 5.69 Å². The maximum atomic E-state index is 11.6. The number of nitrogens with two attached hydrogens (primary N) is 1.